The van der Waals surface area contributed by atoms with Crippen LogP contribution in [0, 0.1) is 5.92 Å². The lowest BCUT2D eigenvalue weighted by atomic mass is 9.87. The van der Waals surface area contributed by atoms with Gasteiger partial charge in [0.2, 0.25) is 5.95 Å². The molecule has 1 atom stereocenters. The van der Waals surface area contributed by atoms with E-state index in [4.69, 9.17) is 9.97 Å². The van der Waals surface area contributed by atoms with Crippen LogP contribution in [0.1, 0.15) is 6.42 Å². The SMILES string of the molecule is C1=CC2=CC(n3c4ccccc4c4cc(-c5ccc6c(c5)c5ccc7ccccc7c5n6-c5nc6c7c(cccc7n5)Sc5ccccc5-6)ccc43)=CC[C@@H]2C=C1. The van der Waals surface area contributed by atoms with Crippen LogP contribution in [0.3, 0.4) is 0 Å². The van der Waals surface area contributed by atoms with E-state index in [0.29, 0.717) is 11.9 Å². The molecule has 0 saturated carbocycles. The number of allylic oxidation sites excluding steroid dienone is 8. The van der Waals surface area contributed by atoms with Crippen molar-refractivity contribution in [3.63, 3.8) is 0 Å². The third-order valence-electron chi connectivity index (χ3n) is 12.2. The van der Waals surface area contributed by atoms with Gasteiger partial charge < -0.3 is 4.57 Å². The molecule has 0 unspecified atom stereocenters. The topological polar surface area (TPSA) is 35.6 Å². The van der Waals surface area contributed by atoms with Crippen LogP contribution in [0.2, 0.25) is 0 Å². The summed E-state index contributed by atoms with van der Waals surface area (Å²) in [6.07, 6.45) is 14.7. The summed E-state index contributed by atoms with van der Waals surface area (Å²) in [5.41, 5.74) is 12.8. The highest BCUT2D eigenvalue weighted by atomic mass is 32.2. The molecule has 10 aromatic rings. The zero-order chi connectivity index (χ0) is 37.2. The summed E-state index contributed by atoms with van der Waals surface area (Å²) in [6, 6.07) is 51.0. The summed E-state index contributed by atoms with van der Waals surface area (Å²) in [4.78, 5) is 13.2. The van der Waals surface area contributed by atoms with Crippen LogP contribution in [-0.4, -0.2) is 19.1 Å². The standard InChI is InChI=1S/C52H32N4S/c1-2-12-33-28-36(24-20-31(33)10-1)55-44-17-7-5-14-38(44)41-29-34(22-26-45(41)55)35-23-27-46-42(30-35)39-25-21-32-11-3-4-13-37(32)51(39)56(46)52-53-43-16-9-19-48-49(43)50(54-52)40-15-6-8-18-47(40)57-48/h1-19,21-31H,20H2/t31-/m0/s1. The summed E-state index contributed by atoms with van der Waals surface area (Å²) in [5, 5.41) is 8.39. The minimum Gasteiger partial charge on any atom is -0.310 e. The quantitative estimate of drug-likeness (QED) is 0.181. The van der Waals surface area contributed by atoms with Gasteiger partial charge in [0.1, 0.15) is 0 Å². The minimum absolute atomic E-state index is 0.460. The Hall–Kier alpha value is -6.95. The number of benzene rings is 7. The predicted molar refractivity (Wildman–Crippen MR) is 238 cm³/mol. The Morgan fingerprint density at radius 2 is 1.33 bits per heavy atom. The van der Waals surface area contributed by atoms with Crippen molar-refractivity contribution in [1.29, 1.82) is 0 Å². The first-order chi connectivity index (χ1) is 28.2. The Balaban J connectivity index is 1.03. The van der Waals surface area contributed by atoms with E-state index in [2.05, 4.69) is 185 Å². The highest BCUT2D eigenvalue weighted by Crippen LogP contribution is 2.48. The van der Waals surface area contributed by atoms with Crippen molar-refractivity contribution in [1.82, 2.24) is 19.1 Å². The van der Waals surface area contributed by atoms with Crippen molar-refractivity contribution >= 4 is 82.7 Å². The lowest BCUT2D eigenvalue weighted by molar-refractivity contribution is 0.777. The molecule has 3 aromatic heterocycles. The van der Waals surface area contributed by atoms with Gasteiger partial charge in [0.25, 0.3) is 0 Å². The first-order valence-corrected chi connectivity index (χ1v) is 20.4. The van der Waals surface area contributed by atoms with Crippen molar-refractivity contribution in [3.05, 3.63) is 182 Å². The summed E-state index contributed by atoms with van der Waals surface area (Å²) in [7, 11) is 0. The number of aromatic nitrogens is 4. The molecule has 0 fully saturated rings. The third-order valence-corrected chi connectivity index (χ3v) is 13.4. The molecule has 0 N–H and O–H groups in total. The molecule has 0 radical (unpaired) electrons. The van der Waals surface area contributed by atoms with Crippen molar-refractivity contribution in [2.45, 2.75) is 16.2 Å². The van der Waals surface area contributed by atoms with Crippen LogP contribution >= 0.6 is 11.8 Å². The summed E-state index contributed by atoms with van der Waals surface area (Å²) in [6.45, 7) is 0. The van der Waals surface area contributed by atoms with Crippen molar-refractivity contribution < 1.29 is 0 Å². The van der Waals surface area contributed by atoms with Crippen molar-refractivity contribution in [2.75, 3.05) is 0 Å². The summed E-state index contributed by atoms with van der Waals surface area (Å²) >= 11 is 1.80. The molecular formula is C52H32N4S. The summed E-state index contributed by atoms with van der Waals surface area (Å²) in [5.74, 6) is 1.15. The Morgan fingerprint density at radius 3 is 2.25 bits per heavy atom. The molecule has 0 saturated heterocycles. The van der Waals surface area contributed by atoms with Gasteiger partial charge in [-0.05, 0) is 83.1 Å². The highest BCUT2D eigenvalue weighted by Gasteiger charge is 2.25. The first kappa shape index (κ1) is 31.3. The van der Waals surface area contributed by atoms with E-state index in [1.54, 1.807) is 11.8 Å². The van der Waals surface area contributed by atoms with Gasteiger partial charge in [-0.2, -0.15) is 0 Å². The third kappa shape index (κ3) is 4.52. The minimum atomic E-state index is 0.460. The average molecular weight is 745 g/mol. The second kappa shape index (κ2) is 11.8. The fourth-order valence-corrected chi connectivity index (χ4v) is 10.7. The molecular weight excluding hydrogens is 713 g/mol. The lowest BCUT2D eigenvalue weighted by Gasteiger charge is -2.22. The van der Waals surface area contributed by atoms with Crippen LogP contribution in [0.5, 0.6) is 0 Å². The molecule has 4 heterocycles. The zero-order valence-corrected chi connectivity index (χ0v) is 31.5. The Morgan fingerprint density at radius 1 is 0.579 bits per heavy atom. The van der Waals surface area contributed by atoms with Gasteiger partial charge in [-0.15, -0.1) is 0 Å². The maximum Gasteiger partial charge on any atom is 0.235 e. The van der Waals surface area contributed by atoms with Crippen LogP contribution in [0.25, 0.3) is 99.3 Å². The van der Waals surface area contributed by atoms with Gasteiger partial charge in [-0.1, -0.05) is 133 Å². The molecule has 266 valence electrons. The number of para-hydroxylation sites is 1. The predicted octanol–water partition coefficient (Wildman–Crippen LogP) is 13.7. The Bertz CT molecular complexity index is 3540. The monoisotopic (exact) mass is 744 g/mol. The van der Waals surface area contributed by atoms with E-state index in [1.165, 1.54) is 75.5 Å². The van der Waals surface area contributed by atoms with E-state index in [-0.39, 0.29) is 0 Å². The summed E-state index contributed by atoms with van der Waals surface area (Å²) < 4.78 is 4.75. The van der Waals surface area contributed by atoms with Crippen LogP contribution in [-0.2, 0) is 0 Å². The van der Waals surface area contributed by atoms with Gasteiger partial charge >= 0.3 is 0 Å². The molecule has 0 bridgehead atoms. The zero-order valence-electron chi connectivity index (χ0n) is 30.7. The lowest BCUT2D eigenvalue weighted by Crippen LogP contribution is -2.08. The number of nitrogens with zero attached hydrogens (tertiary/aromatic N) is 4. The van der Waals surface area contributed by atoms with Gasteiger partial charge in [0.05, 0.1) is 33.3 Å². The van der Waals surface area contributed by atoms with Crippen molar-refractivity contribution in [3.8, 4) is 28.3 Å². The van der Waals surface area contributed by atoms with Crippen molar-refractivity contribution in [2.24, 2.45) is 5.92 Å². The molecule has 1 aliphatic heterocycles. The van der Waals surface area contributed by atoms with Gasteiger partial charge in [0, 0.05) is 59.3 Å². The molecule has 2 aliphatic carbocycles. The smallest absolute Gasteiger partial charge is 0.235 e. The second-order valence-corrected chi connectivity index (χ2v) is 16.4. The van der Waals surface area contributed by atoms with Crippen LogP contribution in [0.15, 0.2) is 191 Å². The fourth-order valence-electron chi connectivity index (χ4n) is 9.59. The average Bonchev–Trinajstić information content (AvgIpc) is 3.79. The molecule has 57 heavy (non-hydrogen) atoms. The Kier molecular flexibility index (Phi) is 6.46. The van der Waals surface area contributed by atoms with Crippen LogP contribution in [0.4, 0.5) is 0 Å². The normalized spacial score (nSPS) is 15.8. The molecule has 4 nitrogen and oxygen atoms in total. The number of hydrogen-bond donors (Lipinski definition) is 0. The van der Waals surface area contributed by atoms with E-state index in [1.807, 2.05) is 0 Å². The molecule has 13 rings (SSSR count). The number of fused-ring (bicyclic) bond motifs is 11. The van der Waals surface area contributed by atoms with Gasteiger partial charge in [0.15, 0.2) is 0 Å². The van der Waals surface area contributed by atoms with Gasteiger partial charge in [-0.3, -0.25) is 4.57 Å². The highest BCUT2D eigenvalue weighted by molar-refractivity contribution is 7.99. The van der Waals surface area contributed by atoms with E-state index >= 15 is 0 Å². The molecule has 7 aromatic carbocycles. The maximum absolute atomic E-state index is 5.45. The molecule has 0 amide bonds. The largest absolute Gasteiger partial charge is 0.310 e. The molecule has 3 aliphatic rings. The van der Waals surface area contributed by atoms with Gasteiger partial charge in [-0.25, -0.2) is 9.97 Å². The van der Waals surface area contributed by atoms with Crippen LogP contribution < -0.4 is 0 Å². The fraction of sp³-hybridized carbons (Fsp3) is 0.0385. The second-order valence-electron chi connectivity index (χ2n) is 15.3. The molecule has 0 spiro atoms. The van der Waals surface area contributed by atoms with E-state index in [0.717, 1.165) is 39.6 Å². The maximum atomic E-state index is 5.45. The first-order valence-electron chi connectivity index (χ1n) is 19.6. The van der Waals surface area contributed by atoms with E-state index < -0.39 is 0 Å². The number of rotatable bonds is 3. The molecule has 5 heteroatoms. The van der Waals surface area contributed by atoms with E-state index in [9.17, 15) is 0 Å². The Labute approximate surface area is 332 Å². The number of hydrogen-bond acceptors (Lipinski definition) is 3.